The van der Waals surface area contributed by atoms with Crippen LogP contribution in [0.2, 0.25) is 0 Å². The van der Waals surface area contributed by atoms with Crippen molar-refractivity contribution in [2.75, 3.05) is 14.2 Å². The van der Waals surface area contributed by atoms with Crippen molar-refractivity contribution in [3.05, 3.63) is 29.8 Å². The summed E-state index contributed by atoms with van der Waals surface area (Å²) in [4.78, 5) is 10.8. The van der Waals surface area contributed by atoms with Gasteiger partial charge < -0.3 is 15.2 Å². The molecule has 0 radical (unpaired) electrons. The molecular weight excluding hydrogens is 206 g/mol. The van der Waals surface area contributed by atoms with E-state index in [0.717, 1.165) is 17.7 Å². The molecule has 0 spiro atoms. The number of ether oxygens (including phenoxy) is 1. The Balaban J connectivity index is 2.56. The van der Waals surface area contributed by atoms with Gasteiger partial charge in [0.05, 0.1) is 7.11 Å². The standard InChI is InChI=1S/C12H17NO3/c1-13-11(12(14)15)7-6-9-4-3-5-10(8-9)16-2/h3-5,8,11,13H,6-7H2,1-2H3,(H,14,15)/t11-/m0/s1. The van der Waals surface area contributed by atoms with Crippen LogP contribution in [-0.4, -0.2) is 31.3 Å². The van der Waals surface area contributed by atoms with E-state index in [-0.39, 0.29) is 0 Å². The van der Waals surface area contributed by atoms with Crippen LogP contribution in [0.25, 0.3) is 0 Å². The fourth-order valence-corrected chi connectivity index (χ4v) is 1.53. The van der Waals surface area contributed by atoms with Crippen LogP contribution in [0.5, 0.6) is 5.75 Å². The lowest BCUT2D eigenvalue weighted by Crippen LogP contribution is -2.34. The van der Waals surface area contributed by atoms with E-state index >= 15 is 0 Å². The van der Waals surface area contributed by atoms with Gasteiger partial charge in [-0.3, -0.25) is 4.79 Å². The minimum atomic E-state index is -0.814. The second-order valence-electron chi connectivity index (χ2n) is 3.57. The number of benzene rings is 1. The van der Waals surface area contributed by atoms with Gasteiger partial charge in [0.15, 0.2) is 0 Å². The topological polar surface area (TPSA) is 58.6 Å². The van der Waals surface area contributed by atoms with Crippen LogP contribution in [0, 0.1) is 0 Å². The minimum absolute atomic E-state index is 0.494. The average Bonchev–Trinajstić information content (AvgIpc) is 2.29. The molecule has 4 nitrogen and oxygen atoms in total. The van der Waals surface area contributed by atoms with Gasteiger partial charge in [0.1, 0.15) is 11.8 Å². The predicted octanol–water partition coefficient (Wildman–Crippen LogP) is 1.30. The molecule has 0 aromatic heterocycles. The Morgan fingerprint density at radius 1 is 1.56 bits per heavy atom. The van der Waals surface area contributed by atoms with Gasteiger partial charge in [-0.15, -0.1) is 0 Å². The molecular formula is C12H17NO3. The first kappa shape index (κ1) is 12.5. The molecule has 0 aliphatic heterocycles. The number of aryl methyl sites for hydroxylation is 1. The number of hydrogen-bond donors (Lipinski definition) is 2. The van der Waals surface area contributed by atoms with Gasteiger partial charge in [0.25, 0.3) is 0 Å². The van der Waals surface area contributed by atoms with E-state index in [0.29, 0.717) is 6.42 Å². The van der Waals surface area contributed by atoms with Gasteiger partial charge in [-0.1, -0.05) is 12.1 Å². The van der Waals surface area contributed by atoms with Gasteiger partial charge >= 0.3 is 5.97 Å². The SMILES string of the molecule is CN[C@@H](CCc1cccc(OC)c1)C(=O)O. The summed E-state index contributed by atoms with van der Waals surface area (Å²) in [6.45, 7) is 0. The van der Waals surface area contributed by atoms with Crippen LogP contribution in [0.3, 0.4) is 0 Å². The van der Waals surface area contributed by atoms with Crippen molar-refractivity contribution in [1.29, 1.82) is 0 Å². The molecule has 1 aromatic carbocycles. The maximum atomic E-state index is 10.8. The highest BCUT2D eigenvalue weighted by molar-refractivity contribution is 5.73. The zero-order valence-electron chi connectivity index (χ0n) is 9.56. The van der Waals surface area contributed by atoms with Crippen LogP contribution in [0.4, 0.5) is 0 Å². The van der Waals surface area contributed by atoms with Crippen molar-refractivity contribution in [1.82, 2.24) is 5.32 Å². The zero-order valence-corrected chi connectivity index (χ0v) is 9.56. The lowest BCUT2D eigenvalue weighted by Gasteiger charge is -2.11. The monoisotopic (exact) mass is 223 g/mol. The molecule has 1 rings (SSSR count). The van der Waals surface area contributed by atoms with Crippen LogP contribution < -0.4 is 10.1 Å². The summed E-state index contributed by atoms with van der Waals surface area (Å²) in [5.41, 5.74) is 1.08. The second kappa shape index (κ2) is 6.12. The number of methoxy groups -OCH3 is 1. The average molecular weight is 223 g/mol. The van der Waals surface area contributed by atoms with Gasteiger partial charge in [-0.2, -0.15) is 0 Å². The molecule has 0 aliphatic carbocycles. The molecule has 0 heterocycles. The summed E-state index contributed by atoms with van der Waals surface area (Å²) in [6.07, 6.45) is 1.29. The van der Waals surface area contributed by atoms with Crippen molar-refractivity contribution in [2.24, 2.45) is 0 Å². The van der Waals surface area contributed by atoms with E-state index in [4.69, 9.17) is 9.84 Å². The van der Waals surface area contributed by atoms with Crippen LogP contribution in [0.15, 0.2) is 24.3 Å². The molecule has 0 aliphatic rings. The normalized spacial score (nSPS) is 12.1. The van der Waals surface area contributed by atoms with Crippen LogP contribution >= 0.6 is 0 Å². The number of likely N-dealkylation sites (N-methyl/N-ethyl adjacent to an activating group) is 1. The highest BCUT2D eigenvalue weighted by Crippen LogP contribution is 2.14. The Morgan fingerprint density at radius 3 is 2.88 bits per heavy atom. The molecule has 0 saturated carbocycles. The highest BCUT2D eigenvalue weighted by atomic mass is 16.5. The Morgan fingerprint density at radius 2 is 2.31 bits per heavy atom. The zero-order chi connectivity index (χ0) is 12.0. The summed E-state index contributed by atoms with van der Waals surface area (Å²) in [7, 11) is 3.27. The summed E-state index contributed by atoms with van der Waals surface area (Å²) >= 11 is 0. The first-order chi connectivity index (χ1) is 7.67. The van der Waals surface area contributed by atoms with Gasteiger partial charge in [-0.25, -0.2) is 0 Å². The molecule has 0 fully saturated rings. The maximum Gasteiger partial charge on any atom is 0.320 e. The minimum Gasteiger partial charge on any atom is -0.497 e. The number of nitrogens with one attached hydrogen (secondary N) is 1. The maximum absolute atomic E-state index is 10.8. The number of aliphatic carboxylic acids is 1. The van der Waals surface area contributed by atoms with E-state index in [1.165, 1.54) is 0 Å². The highest BCUT2D eigenvalue weighted by Gasteiger charge is 2.14. The van der Waals surface area contributed by atoms with Crippen molar-refractivity contribution in [2.45, 2.75) is 18.9 Å². The molecule has 0 bridgehead atoms. The van der Waals surface area contributed by atoms with Crippen LogP contribution in [-0.2, 0) is 11.2 Å². The van der Waals surface area contributed by atoms with E-state index in [1.54, 1.807) is 14.2 Å². The quantitative estimate of drug-likeness (QED) is 0.763. The van der Waals surface area contributed by atoms with Crippen molar-refractivity contribution in [3.63, 3.8) is 0 Å². The van der Waals surface area contributed by atoms with Gasteiger partial charge in [0, 0.05) is 0 Å². The third-order valence-corrected chi connectivity index (χ3v) is 2.50. The Labute approximate surface area is 95.2 Å². The number of carbonyl (C=O) groups is 1. The van der Waals surface area contributed by atoms with Crippen molar-refractivity contribution < 1.29 is 14.6 Å². The molecule has 4 heteroatoms. The third kappa shape index (κ3) is 3.55. The Kier molecular flexibility index (Phi) is 4.79. The summed E-state index contributed by atoms with van der Waals surface area (Å²) in [6, 6.07) is 7.18. The lowest BCUT2D eigenvalue weighted by molar-refractivity contribution is -0.139. The first-order valence-electron chi connectivity index (χ1n) is 5.20. The Hall–Kier alpha value is -1.55. The van der Waals surface area contributed by atoms with Crippen LogP contribution in [0.1, 0.15) is 12.0 Å². The molecule has 16 heavy (non-hydrogen) atoms. The predicted molar refractivity (Wildman–Crippen MR) is 61.8 cm³/mol. The lowest BCUT2D eigenvalue weighted by atomic mass is 10.1. The molecule has 2 N–H and O–H groups in total. The second-order valence-corrected chi connectivity index (χ2v) is 3.57. The molecule has 0 unspecified atom stereocenters. The molecule has 88 valence electrons. The van der Waals surface area contributed by atoms with Crippen molar-refractivity contribution in [3.8, 4) is 5.75 Å². The third-order valence-electron chi connectivity index (χ3n) is 2.50. The summed E-state index contributed by atoms with van der Waals surface area (Å²) in [5.74, 6) is -0.0146. The fraction of sp³-hybridized carbons (Fsp3) is 0.417. The van der Waals surface area contributed by atoms with E-state index in [9.17, 15) is 4.79 Å². The van der Waals surface area contributed by atoms with E-state index in [2.05, 4.69) is 5.32 Å². The fourth-order valence-electron chi connectivity index (χ4n) is 1.53. The smallest absolute Gasteiger partial charge is 0.320 e. The Bertz CT molecular complexity index is 352. The molecule has 0 amide bonds. The molecule has 0 saturated heterocycles. The van der Waals surface area contributed by atoms with E-state index in [1.807, 2.05) is 24.3 Å². The summed E-state index contributed by atoms with van der Waals surface area (Å²) < 4.78 is 5.10. The van der Waals surface area contributed by atoms with E-state index < -0.39 is 12.0 Å². The molecule has 1 atom stereocenters. The number of rotatable bonds is 6. The first-order valence-corrected chi connectivity index (χ1v) is 5.20. The van der Waals surface area contributed by atoms with Gasteiger partial charge in [0.2, 0.25) is 0 Å². The number of carboxylic acids is 1. The number of hydrogen-bond acceptors (Lipinski definition) is 3. The summed E-state index contributed by atoms with van der Waals surface area (Å²) in [5, 5.41) is 11.6. The largest absolute Gasteiger partial charge is 0.497 e. The number of carboxylic acid groups (broad SMARTS) is 1. The van der Waals surface area contributed by atoms with Gasteiger partial charge in [-0.05, 0) is 37.6 Å². The molecule has 1 aromatic rings. The van der Waals surface area contributed by atoms with Crippen molar-refractivity contribution >= 4 is 5.97 Å².